The normalized spacial score (nSPS) is 13.8. The number of guanidine groups is 1. The quantitative estimate of drug-likeness (QED) is 0.257. The Kier molecular flexibility index (Phi) is 9.80. The first-order chi connectivity index (χ1) is 14.1. The number of hydrogen-bond acceptors (Lipinski definition) is 4. The van der Waals surface area contributed by atoms with Crippen molar-refractivity contribution in [3.05, 3.63) is 41.2 Å². The van der Waals surface area contributed by atoms with Crippen LogP contribution in [0.3, 0.4) is 0 Å². The molecule has 2 heterocycles. The summed E-state index contributed by atoms with van der Waals surface area (Å²) >= 11 is 0. The van der Waals surface area contributed by atoms with Crippen LogP contribution in [0.2, 0.25) is 0 Å². The van der Waals surface area contributed by atoms with Gasteiger partial charge in [0, 0.05) is 46.6 Å². The molecule has 0 atom stereocenters. The third-order valence-corrected chi connectivity index (χ3v) is 5.26. The molecule has 0 amide bonds. The van der Waals surface area contributed by atoms with Crippen LogP contribution in [0, 0.1) is 5.82 Å². The zero-order chi connectivity index (χ0) is 20.6. The molecular formula is C21H32FIN6O. The lowest BCUT2D eigenvalue weighted by Crippen LogP contribution is -2.39. The highest BCUT2D eigenvalue weighted by molar-refractivity contribution is 14.0. The van der Waals surface area contributed by atoms with Gasteiger partial charge in [-0.2, -0.15) is 0 Å². The van der Waals surface area contributed by atoms with E-state index in [4.69, 9.17) is 4.74 Å². The Morgan fingerprint density at radius 3 is 2.87 bits per heavy atom. The first-order valence-electron chi connectivity index (χ1n) is 10.3. The Morgan fingerprint density at radius 2 is 2.13 bits per heavy atom. The highest BCUT2D eigenvalue weighted by atomic mass is 127. The van der Waals surface area contributed by atoms with Crippen molar-refractivity contribution in [2.24, 2.45) is 4.99 Å². The first-order valence-corrected chi connectivity index (χ1v) is 10.3. The fraction of sp³-hybridized carbons (Fsp3) is 0.571. The van der Waals surface area contributed by atoms with Gasteiger partial charge in [-0.05, 0) is 37.0 Å². The minimum Gasteiger partial charge on any atom is -0.494 e. The molecule has 0 bridgehead atoms. The summed E-state index contributed by atoms with van der Waals surface area (Å²) in [6.45, 7) is 2.38. The molecule has 0 saturated carbocycles. The predicted molar refractivity (Wildman–Crippen MR) is 127 cm³/mol. The molecule has 0 saturated heterocycles. The van der Waals surface area contributed by atoms with Crippen LogP contribution in [0.1, 0.15) is 42.9 Å². The van der Waals surface area contributed by atoms with Gasteiger partial charge in [0.2, 0.25) is 0 Å². The number of aromatic nitrogens is 3. The van der Waals surface area contributed by atoms with E-state index in [1.807, 2.05) is 18.0 Å². The van der Waals surface area contributed by atoms with E-state index in [1.54, 1.807) is 13.1 Å². The van der Waals surface area contributed by atoms with Crippen molar-refractivity contribution in [3.63, 3.8) is 0 Å². The Hall–Kier alpha value is -1.91. The van der Waals surface area contributed by atoms with Gasteiger partial charge >= 0.3 is 0 Å². The van der Waals surface area contributed by atoms with Crippen molar-refractivity contribution >= 4 is 29.9 Å². The van der Waals surface area contributed by atoms with Crippen molar-refractivity contribution in [3.8, 4) is 5.75 Å². The molecule has 9 heteroatoms. The number of halogens is 2. The predicted octanol–water partition coefficient (Wildman–Crippen LogP) is 3.41. The van der Waals surface area contributed by atoms with E-state index >= 15 is 0 Å². The second-order valence-electron chi connectivity index (χ2n) is 7.40. The molecule has 3 rings (SSSR count). The number of nitrogens with zero attached hydrogens (tertiary/aromatic N) is 5. The molecule has 0 aliphatic carbocycles. The summed E-state index contributed by atoms with van der Waals surface area (Å²) in [5.41, 5.74) is 0.861. The van der Waals surface area contributed by atoms with Gasteiger partial charge in [-0.3, -0.25) is 4.99 Å². The van der Waals surface area contributed by atoms with Crippen molar-refractivity contribution < 1.29 is 9.13 Å². The molecule has 0 radical (unpaired) electrons. The van der Waals surface area contributed by atoms with E-state index in [2.05, 4.69) is 25.1 Å². The van der Waals surface area contributed by atoms with Crippen LogP contribution in [0.5, 0.6) is 5.75 Å². The summed E-state index contributed by atoms with van der Waals surface area (Å²) < 4.78 is 21.2. The van der Waals surface area contributed by atoms with Crippen LogP contribution in [0.25, 0.3) is 0 Å². The molecule has 0 unspecified atom stereocenters. The number of aliphatic imine (C=N–C) groups is 1. The van der Waals surface area contributed by atoms with Crippen LogP contribution >= 0.6 is 24.0 Å². The average Bonchev–Trinajstić information content (AvgIpc) is 2.94. The molecule has 1 aliphatic heterocycles. The van der Waals surface area contributed by atoms with Crippen LogP contribution in [0.15, 0.2) is 23.2 Å². The van der Waals surface area contributed by atoms with Gasteiger partial charge < -0.3 is 19.5 Å². The Morgan fingerprint density at radius 1 is 1.30 bits per heavy atom. The maximum Gasteiger partial charge on any atom is 0.193 e. The van der Waals surface area contributed by atoms with Gasteiger partial charge in [-0.25, -0.2) is 4.39 Å². The van der Waals surface area contributed by atoms with Crippen LogP contribution in [-0.2, 0) is 25.9 Å². The monoisotopic (exact) mass is 530 g/mol. The molecule has 166 valence electrons. The Labute approximate surface area is 195 Å². The lowest BCUT2D eigenvalue weighted by Gasteiger charge is -2.22. The SMILES string of the molecule is CN=C(NCCCc1nnc2n1CCCCC2)N(C)Cc1ccc(OC)c(F)c1.I. The van der Waals surface area contributed by atoms with E-state index in [-0.39, 0.29) is 35.5 Å². The number of fused-ring (bicyclic) bond motifs is 1. The number of benzene rings is 1. The van der Waals surface area contributed by atoms with E-state index in [0.29, 0.717) is 6.54 Å². The Bertz CT molecular complexity index is 841. The second kappa shape index (κ2) is 12.1. The number of aryl methyl sites for hydroxylation is 2. The molecule has 7 nitrogen and oxygen atoms in total. The molecule has 1 aromatic heterocycles. The van der Waals surface area contributed by atoms with Crippen molar-refractivity contribution in [1.82, 2.24) is 25.0 Å². The fourth-order valence-corrected chi connectivity index (χ4v) is 3.72. The van der Waals surface area contributed by atoms with Gasteiger partial charge in [0.05, 0.1) is 7.11 Å². The highest BCUT2D eigenvalue weighted by Crippen LogP contribution is 2.18. The minimum atomic E-state index is -0.353. The maximum absolute atomic E-state index is 13.9. The van der Waals surface area contributed by atoms with Gasteiger partial charge in [0.1, 0.15) is 11.6 Å². The van der Waals surface area contributed by atoms with Crippen LogP contribution < -0.4 is 10.1 Å². The third-order valence-electron chi connectivity index (χ3n) is 5.26. The zero-order valence-corrected chi connectivity index (χ0v) is 20.4. The highest BCUT2D eigenvalue weighted by Gasteiger charge is 2.14. The van der Waals surface area contributed by atoms with Gasteiger partial charge in [0.25, 0.3) is 0 Å². The second-order valence-corrected chi connectivity index (χ2v) is 7.40. The molecule has 0 spiro atoms. The van der Waals surface area contributed by atoms with E-state index < -0.39 is 0 Å². The van der Waals surface area contributed by atoms with Crippen LogP contribution in [0.4, 0.5) is 4.39 Å². The molecule has 0 fully saturated rings. The lowest BCUT2D eigenvalue weighted by molar-refractivity contribution is 0.385. The van der Waals surface area contributed by atoms with Crippen molar-refractivity contribution in [2.75, 3.05) is 27.7 Å². The number of ether oxygens (including phenoxy) is 1. The van der Waals surface area contributed by atoms with Crippen molar-refractivity contribution in [2.45, 2.75) is 51.6 Å². The van der Waals surface area contributed by atoms with Crippen LogP contribution in [-0.4, -0.2) is 53.4 Å². The molecular weight excluding hydrogens is 498 g/mol. The summed E-state index contributed by atoms with van der Waals surface area (Å²) in [6.07, 6.45) is 6.56. The average molecular weight is 530 g/mol. The summed E-state index contributed by atoms with van der Waals surface area (Å²) in [4.78, 5) is 6.31. The van der Waals surface area contributed by atoms with Crippen molar-refractivity contribution in [1.29, 1.82) is 0 Å². The smallest absolute Gasteiger partial charge is 0.193 e. The van der Waals surface area contributed by atoms with Gasteiger partial charge in [-0.1, -0.05) is 12.5 Å². The molecule has 30 heavy (non-hydrogen) atoms. The molecule has 1 aromatic carbocycles. The minimum absolute atomic E-state index is 0. The van der Waals surface area contributed by atoms with E-state index in [1.165, 1.54) is 32.4 Å². The molecule has 1 aliphatic rings. The largest absolute Gasteiger partial charge is 0.494 e. The topological polar surface area (TPSA) is 67.6 Å². The molecule has 1 N–H and O–H groups in total. The van der Waals surface area contributed by atoms with Gasteiger partial charge in [0.15, 0.2) is 17.5 Å². The first kappa shape index (κ1) is 24.4. The fourth-order valence-electron chi connectivity index (χ4n) is 3.72. The Balaban J connectivity index is 0.00000320. The number of nitrogens with one attached hydrogen (secondary N) is 1. The third kappa shape index (κ3) is 6.29. The summed E-state index contributed by atoms with van der Waals surface area (Å²) in [6, 6.07) is 5.01. The van der Waals surface area contributed by atoms with E-state index in [9.17, 15) is 4.39 Å². The number of hydrogen-bond donors (Lipinski definition) is 1. The number of methoxy groups -OCH3 is 1. The number of rotatable bonds is 7. The summed E-state index contributed by atoms with van der Waals surface area (Å²) in [7, 11) is 5.16. The lowest BCUT2D eigenvalue weighted by atomic mass is 10.2. The summed E-state index contributed by atoms with van der Waals surface area (Å²) in [5, 5.41) is 12.1. The van der Waals surface area contributed by atoms with Gasteiger partial charge in [-0.15, -0.1) is 34.2 Å². The molecule has 2 aromatic rings. The summed E-state index contributed by atoms with van der Waals surface area (Å²) in [5.74, 6) is 2.90. The standard InChI is InChI=1S/C21H31FN6O.HI/c1-23-21(27(2)15-16-10-11-18(29-3)17(22)14-16)24-12-7-9-20-26-25-19-8-5-4-6-13-28(19)20;/h10-11,14H,4-9,12-13,15H2,1-3H3,(H,23,24);1H. The maximum atomic E-state index is 13.9. The zero-order valence-electron chi connectivity index (χ0n) is 18.0. The van der Waals surface area contributed by atoms with E-state index in [0.717, 1.165) is 55.5 Å².